The van der Waals surface area contributed by atoms with Crippen molar-refractivity contribution in [3.63, 3.8) is 0 Å². The predicted molar refractivity (Wildman–Crippen MR) is 133 cm³/mol. The van der Waals surface area contributed by atoms with Crippen molar-refractivity contribution in [2.75, 3.05) is 41.5 Å². The molecule has 1 aromatic rings. The normalized spacial score (nSPS) is 11.4. The van der Waals surface area contributed by atoms with Crippen molar-refractivity contribution in [2.45, 2.75) is 96.8 Å². The summed E-state index contributed by atoms with van der Waals surface area (Å²) >= 11 is 0. The zero-order valence-corrected chi connectivity index (χ0v) is 21.7. The van der Waals surface area contributed by atoms with E-state index in [0.717, 1.165) is 12.8 Å². The molecule has 0 saturated heterocycles. The maximum absolute atomic E-state index is 12.3. The number of nitrogens with zero attached hydrogens (tertiary/aromatic N) is 4. The molecule has 8 heteroatoms. The Labute approximate surface area is 201 Å². The van der Waals surface area contributed by atoms with Gasteiger partial charge in [-0.05, 0) is 6.42 Å². The number of rotatable bonds is 20. The van der Waals surface area contributed by atoms with Gasteiger partial charge in [0.2, 0.25) is 0 Å². The van der Waals surface area contributed by atoms with E-state index in [4.69, 9.17) is 14.2 Å². The zero-order chi connectivity index (χ0) is 24.4. The van der Waals surface area contributed by atoms with Crippen LogP contribution in [0.4, 0.5) is 5.95 Å². The molecule has 0 fully saturated rings. The van der Waals surface area contributed by atoms with Gasteiger partial charge in [0.15, 0.2) is 6.54 Å². The molecule has 0 radical (unpaired) electrons. The SMILES string of the molecule is CCCCCCCCCCCCCCCCOC(=O)C[N+](C)(C)c1nc(OC)nc(OC)n1. The Morgan fingerprint density at radius 1 is 0.697 bits per heavy atom. The number of aromatic nitrogens is 3. The number of hydrogen-bond donors (Lipinski definition) is 0. The quantitative estimate of drug-likeness (QED) is 0.143. The first kappa shape index (κ1) is 29.1. The standard InChI is InChI=1S/C25H47N4O4/c1-6-7-8-9-10-11-12-13-14-15-16-17-18-19-20-33-22(30)21-29(2,3)23-26-24(31-4)28-25(27-23)32-5/h6-21H2,1-5H3/q+1. The first-order valence-corrected chi connectivity index (χ1v) is 12.8. The van der Waals surface area contributed by atoms with Crippen LogP contribution in [-0.2, 0) is 9.53 Å². The lowest BCUT2D eigenvalue weighted by Crippen LogP contribution is -2.46. The van der Waals surface area contributed by atoms with E-state index >= 15 is 0 Å². The molecule has 0 spiro atoms. The Kier molecular flexibility index (Phi) is 15.4. The number of likely N-dealkylation sites (N-methyl/N-ethyl adjacent to an activating group) is 1. The van der Waals surface area contributed by atoms with E-state index < -0.39 is 0 Å². The fraction of sp³-hybridized carbons (Fsp3) is 0.840. The van der Waals surface area contributed by atoms with Crippen molar-refractivity contribution >= 4 is 11.9 Å². The van der Waals surface area contributed by atoms with Gasteiger partial charge in [-0.1, -0.05) is 90.4 Å². The molecule has 0 unspecified atom stereocenters. The fourth-order valence-corrected chi connectivity index (χ4v) is 3.70. The van der Waals surface area contributed by atoms with Crippen LogP contribution in [0.3, 0.4) is 0 Å². The van der Waals surface area contributed by atoms with E-state index in [9.17, 15) is 4.79 Å². The Morgan fingerprint density at radius 2 is 1.12 bits per heavy atom. The van der Waals surface area contributed by atoms with E-state index in [2.05, 4.69) is 21.9 Å². The minimum atomic E-state index is -0.270. The zero-order valence-electron chi connectivity index (χ0n) is 21.7. The summed E-state index contributed by atoms with van der Waals surface area (Å²) in [6.45, 7) is 2.85. The maximum atomic E-state index is 12.3. The largest absolute Gasteiger partial charge is 0.466 e. The van der Waals surface area contributed by atoms with Gasteiger partial charge >= 0.3 is 23.9 Å². The van der Waals surface area contributed by atoms with Crippen molar-refractivity contribution < 1.29 is 19.0 Å². The third-order valence-electron chi connectivity index (χ3n) is 5.77. The van der Waals surface area contributed by atoms with Gasteiger partial charge in [-0.2, -0.15) is 0 Å². The summed E-state index contributed by atoms with van der Waals surface area (Å²) in [4.78, 5) is 24.8. The van der Waals surface area contributed by atoms with Gasteiger partial charge in [0.05, 0.1) is 34.9 Å². The molecule has 0 saturated carbocycles. The Bertz CT molecular complexity index is 633. The Hall–Kier alpha value is -1.96. The van der Waals surface area contributed by atoms with Crippen molar-refractivity contribution in [1.82, 2.24) is 19.4 Å². The molecule has 1 aromatic heterocycles. The highest BCUT2D eigenvalue weighted by atomic mass is 16.5. The van der Waals surface area contributed by atoms with Crippen LogP contribution in [0.5, 0.6) is 12.0 Å². The van der Waals surface area contributed by atoms with Gasteiger partial charge in [0.25, 0.3) is 0 Å². The van der Waals surface area contributed by atoms with Gasteiger partial charge in [-0.25, -0.2) is 4.79 Å². The number of unbranched alkanes of at least 4 members (excludes halogenated alkanes) is 13. The van der Waals surface area contributed by atoms with Gasteiger partial charge in [0, 0.05) is 0 Å². The van der Waals surface area contributed by atoms with Crippen LogP contribution in [0.15, 0.2) is 0 Å². The minimum Gasteiger partial charge on any atom is -0.466 e. The number of carbonyl (C=O) groups is 1. The number of ether oxygens (including phenoxy) is 3. The molecular weight excluding hydrogens is 420 g/mol. The van der Waals surface area contributed by atoms with Gasteiger partial charge in [-0.3, -0.25) is 4.48 Å². The lowest BCUT2D eigenvalue weighted by atomic mass is 10.0. The first-order chi connectivity index (χ1) is 15.9. The number of carbonyl (C=O) groups excluding carboxylic acids is 1. The average molecular weight is 468 g/mol. The van der Waals surface area contributed by atoms with Crippen LogP contribution in [0, 0.1) is 0 Å². The van der Waals surface area contributed by atoms with Crippen LogP contribution < -0.4 is 14.0 Å². The summed E-state index contributed by atoms with van der Waals surface area (Å²) < 4.78 is 15.7. The van der Waals surface area contributed by atoms with Crippen molar-refractivity contribution in [2.24, 2.45) is 0 Å². The molecule has 0 aliphatic carbocycles. The molecule has 190 valence electrons. The van der Waals surface area contributed by atoms with E-state index in [1.54, 1.807) is 0 Å². The van der Waals surface area contributed by atoms with Crippen LogP contribution in [-0.4, -0.2) is 62.4 Å². The highest BCUT2D eigenvalue weighted by Crippen LogP contribution is 2.19. The lowest BCUT2D eigenvalue weighted by molar-refractivity contribution is -0.144. The molecule has 8 nitrogen and oxygen atoms in total. The summed E-state index contributed by atoms with van der Waals surface area (Å²) in [5, 5.41) is 0. The molecule has 0 aromatic carbocycles. The molecular formula is C25H47N4O4+. The molecule has 0 amide bonds. The van der Waals surface area contributed by atoms with E-state index in [1.165, 1.54) is 91.3 Å². The summed E-state index contributed by atoms with van der Waals surface area (Å²) in [5.41, 5.74) is 0. The van der Waals surface area contributed by atoms with Gasteiger partial charge < -0.3 is 14.2 Å². The third-order valence-corrected chi connectivity index (χ3v) is 5.77. The molecule has 1 heterocycles. The third kappa shape index (κ3) is 13.4. The van der Waals surface area contributed by atoms with E-state index in [0.29, 0.717) is 12.6 Å². The second kappa shape index (κ2) is 17.5. The first-order valence-electron chi connectivity index (χ1n) is 12.8. The average Bonchev–Trinajstić information content (AvgIpc) is 2.80. The minimum absolute atomic E-state index is 0.118. The van der Waals surface area contributed by atoms with Crippen LogP contribution in [0.2, 0.25) is 0 Å². The van der Waals surface area contributed by atoms with Gasteiger partial charge in [-0.15, -0.1) is 15.0 Å². The molecule has 0 atom stereocenters. The molecule has 0 aliphatic heterocycles. The van der Waals surface area contributed by atoms with Crippen LogP contribution in [0.25, 0.3) is 0 Å². The number of quaternary nitrogens is 1. The fourth-order valence-electron chi connectivity index (χ4n) is 3.70. The summed E-state index contributed by atoms with van der Waals surface area (Å²) in [6, 6.07) is 0.303. The van der Waals surface area contributed by atoms with E-state index in [-0.39, 0.29) is 29.0 Å². The molecule has 0 aliphatic rings. The Morgan fingerprint density at radius 3 is 1.55 bits per heavy atom. The lowest BCUT2D eigenvalue weighted by Gasteiger charge is -2.25. The smallest absolute Gasteiger partial charge is 0.362 e. The number of hydrogen-bond acceptors (Lipinski definition) is 7. The summed E-state index contributed by atoms with van der Waals surface area (Å²) in [5.74, 6) is 0.111. The molecule has 0 bridgehead atoms. The highest BCUT2D eigenvalue weighted by Gasteiger charge is 2.29. The second-order valence-electron chi connectivity index (χ2n) is 9.27. The molecule has 1 rings (SSSR count). The van der Waals surface area contributed by atoms with Gasteiger partial charge in [0.1, 0.15) is 0 Å². The predicted octanol–water partition coefficient (Wildman–Crippen LogP) is 5.48. The molecule has 0 N–H and O–H groups in total. The summed E-state index contributed by atoms with van der Waals surface area (Å²) in [7, 11) is 6.62. The van der Waals surface area contributed by atoms with Crippen molar-refractivity contribution in [3.8, 4) is 12.0 Å². The highest BCUT2D eigenvalue weighted by molar-refractivity contribution is 5.73. The number of esters is 1. The maximum Gasteiger partial charge on any atom is 0.362 e. The second-order valence-corrected chi connectivity index (χ2v) is 9.27. The van der Waals surface area contributed by atoms with Crippen LogP contribution in [0.1, 0.15) is 96.8 Å². The van der Waals surface area contributed by atoms with E-state index in [1.807, 2.05) is 14.1 Å². The Balaban J connectivity index is 2.09. The van der Waals surface area contributed by atoms with Crippen LogP contribution >= 0.6 is 0 Å². The molecule has 33 heavy (non-hydrogen) atoms. The van der Waals surface area contributed by atoms with Crippen molar-refractivity contribution in [1.29, 1.82) is 0 Å². The number of methoxy groups -OCH3 is 2. The van der Waals surface area contributed by atoms with Crippen molar-refractivity contribution in [3.05, 3.63) is 0 Å². The topological polar surface area (TPSA) is 83.4 Å². The monoisotopic (exact) mass is 467 g/mol. The summed E-state index contributed by atoms with van der Waals surface area (Å²) in [6.07, 6.45) is 18.3.